The maximum absolute atomic E-state index is 12.2. The average molecular weight is 632 g/mol. The van der Waals surface area contributed by atoms with Gasteiger partial charge in [0.1, 0.15) is 31.7 Å². The van der Waals surface area contributed by atoms with E-state index < -0.39 is 18.1 Å². The van der Waals surface area contributed by atoms with E-state index >= 15 is 0 Å². The number of ether oxygens (including phenoxy) is 3. The van der Waals surface area contributed by atoms with Crippen LogP contribution in [-0.2, 0) is 36.1 Å². The lowest BCUT2D eigenvalue weighted by molar-refractivity contribution is -0.150. The molecule has 0 radical (unpaired) electrons. The van der Waals surface area contributed by atoms with Gasteiger partial charge in [0.15, 0.2) is 23.3 Å². The fraction of sp³-hybridized carbons (Fsp3) is 0.158. The minimum atomic E-state index is -1.47. The Morgan fingerprint density at radius 1 is 0.660 bits per heavy atom. The van der Waals surface area contributed by atoms with Crippen LogP contribution < -0.4 is 19.7 Å². The van der Waals surface area contributed by atoms with Crippen molar-refractivity contribution in [3.05, 3.63) is 160 Å². The minimum Gasteiger partial charge on any atom is -0.489 e. The van der Waals surface area contributed by atoms with Crippen molar-refractivity contribution in [3.63, 3.8) is 0 Å². The summed E-state index contributed by atoms with van der Waals surface area (Å²) in [6, 6.07) is 35.3. The smallest absolute Gasteiger partial charge is 0.326 e. The van der Waals surface area contributed by atoms with E-state index in [1.807, 2.05) is 72.8 Å². The van der Waals surface area contributed by atoms with Crippen molar-refractivity contribution in [2.75, 3.05) is 0 Å². The number of hydrogen-bond acceptors (Lipinski definition) is 8. The molecular weight excluding hydrogens is 598 g/mol. The molecule has 0 heterocycles. The summed E-state index contributed by atoms with van der Waals surface area (Å²) < 4.78 is 17.9. The van der Waals surface area contributed by atoms with Gasteiger partial charge < -0.3 is 24.4 Å². The second-order valence-corrected chi connectivity index (χ2v) is 11.1. The lowest BCUT2D eigenvalue weighted by atomic mass is 9.87. The van der Waals surface area contributed by atoms with Crippen LogP contribution in [0.15, 0.2) is 121 Å². The molecule has 0 amide bonds. The van der Waals surface area contributed by atoms with Crippen LogP contribution in [0.2, 0.25) is 0 Å². The third-order valence-corrected chi connectivity index (χ3v) is 7.75. The Hall–Kier alpha value is -5.48. The van der Waals surface area contributed by atoms with Gasteiger partial charge in [-0.05, 0) is 52.6 Å². The number of fused-ring (bicyclic) bond motifs is 2. The molecule has 0 aromatic heterocycles. The number of hydrogen-bond donors (Lipinski definition) is 3. The number of rotatable bonds is 16. The molecule has 2 unspecified atom stereocenters. The highest BCUT2D eigenvalue weighted by Gasteiger charge is 2.29. The molecule has 0 fully saturated rings. The van der Waals surface area contributed by atoms with E-state index in [1.54, 1.807) is 48.5 Å². The molecule has 238 valence electrons. The van der Waals surface area contributed by atoms with Gasteiger partial charge in [-0.2, -0.15) is 5.48 Å². The third-order valence-electron chi connectivity index (χ3n) is 7.75. The number of ketones is 1. The first-order valence-corrected chi connectivity index (χ1v) is 15.1. The second-order valence-electron chi connectivity index (χ2n) is 11.1. The predicted octanol–water partition coefficient (Wildman–Crippen LogP) is 6.18. The number of carbonyl (C=O) groups is 2. The largest absolute Gasteiger partial charge is 0.489 e. The maximum Gasteiger partial charge on any atom is 0.326 e. The molecule has 2 atom stereocenters. The quantitative estimate of drug-likeness (QED) is 0.108. The molecular formula is C38H33NO8. The van der Waals surface area contributed by atoms with Gasteiger partial charge >= 0.3 is 5.97 Å². The van der Waals surface area contributed by atoms with Crippen molar-refractivity contribution >= 4 is 11.8 Å². The summed E-state index contributed by atoms with van der Waals surface area (Å²) >= 11 is 0. The molecule has 2 bridgehead atoms. The fourth-order valence-corrected chi connectivity index (χ4v) is 5.04. The molecule has 7 rings (SSSR count). The lowest BCUT2D eigenvalue weighted by Crippen LogP contribution is -2.41. The number of nitrogens with one attached hydrogen (secondary N) is 1. The van der Waals surface area contributed by atoms with Gasteiger partial charge in [-0.15, -0.1) is 0 Å². The first-order valence-electron chi connectivity index (χ1n) is 15.1. The Kier molecular flexibility index (Phi) is 9.88. The van der Waals surface area contributed by atoms with Crippen LogP contribution in [0.25, 0.3) is 0 Å². The highest BCUT2D eigenvalue weighted by Crippen LogP contribution is 2.33. The lowest BCUT2D eigenvalue weighted by Gasteiger charge is -2.22. The van der Waals surface area contributed by atoms with Crippen molar-refractivity contribution in [1.29, 1.82) is 0 Å². The zero-order valence-corrected chi connectivity index (χ0v) is 25.4. The number of carboxylic acids is 1. The normalized spacial score (nSPS) is 12.9. The van der Waals surface area contributed by atoms with Crippen LogP contribution in [0.1, 0.15) is 49.8 Å². The van der Waals surface area contributed by atoms with E-state index in [9.17, 15) is 19.8 Å². The van der Waals surface area contributed by atoms with Crippen LogP contribution in [0.3, 0.4) is 0 Å². The molecule has 2 aliphatic rings. The molecule has 0 saturated heterocycles. The molecule has 9 nitrogen and oxygen atoms in total. The zero-order valence-electron chi connectivity index (χ0n) is 25.4. The van der Waals surface area contributed by atoms with Gasteiger partial charge in [-0.3, -0.25) is 14.4 Å². The molecule has 3 N–H and O–H groups in total. The van der Waals surface area contributed by atoms with E-state index in [2.05, 4.69) is 5.48 Å². The van der Waals surface area contributed by atoms with Gasteiger partial charge in [0.25, 0.3) is 0 Å². The number of carboxylic acid groups (broad SMARTS) is 1. The van der Waals surface area contributed by atoms with Crippen LogP contribution in [-0.4, -0.2) is 28.0 Å². The van der Waals surface area contributed by atoms with E-state index in [1.165, 1.54) is 0 Å². The SMILES string of the molecule is O=C1c2ccc(COc3ccc(CONC(C(=O)O)C(O)c4ccc(OCc5ccccc5)c(OCc5ccccc5)c4)cc3)c1c2. The Labute approximate surface area is 271 Å². The number of aliphatic hydroxyl groups is 1. The standard InChI is InChI=1S/C38H33NO8/c40-36-28-13-14-30(32(36)19-28)24-44-31-16-11-27(12-17-31)23-47-39-35(38(42)43)37(41)29-15-18-33(45-21-25-7-3-1-4-8-25)34(20-29)46-22-26-9-5-2-6-10-26/h1-20,35,37,39,41H,21-24H2,(H,42,43). The number of aliphatic carboxylic acids is 1. The van der Waals surface area contributed by atoms with Crippen LogP contribution >= 0.6 is 0 Å². The Balaban J connectivity index is 1.07. The third kappa shape index (κ3) is 7.85. The fourth-order valence-electron chi connectivity index (χ4n) is 5.04. The molecule has 0 aliphatic heterocycles. The molecule has 9 heteroatoms. The summed E-state index contributed by atoms with van der Waals surface area (Å²) in [5, 5.41) is 21.0. The number of aliphatic hydroxyl groups excluding tert-OH is 1. The number of benzene rings is 5. The minimum absolute atomic E-state index is 0.0363. The molecule has 5 aromatic carbocycles. The van der Waals surface area contributed by atoms with Gasteiger partial charge in [-0.25, -0.2) is 0 Å². The summed E-state index contributed by atoms with van der Waals surface area (Å²) in [4.78, 5) is 29.6. The summed E-state index contributed by atoms with van der Waals surface area (Å²) in [6.45, 7) is 0.870. The molecule has 2 aliphatic carbocycles. The van der Waals surface area contributed by atoms with Crippen molar-refractivity contribution in [3.8, 4) is 17.2 Å². The first-order chi connectivity index (χ1) is 22.9. The molecule has 0 spiro atoms. The zero-order chi connectivity index (χ0) is 32.6. The highest BCUT2D eigenvalue weighted by molar-refractivity contribution is 6.17. The Morgan fingerprint density at radius 2 is 1.30 bits per heavy atom. The second kappa shape index (κ2) is 14.7. The Bertz CT molecular complexity index is 1820. The first kappa shape index (κ1) is 31.5. The van der Waals surface area contributed by atoms with Gasteiger partial charge in [0.05, 0.1) is 6.61 Å². The maximum atomic E-state index is 12.2. The Morgan fingerprint density at radius 3 is 1.91 bits per heavy atom. The monoisotopic (exact) mass is 631 g/mol. The van der Waals surface area contributed by atoms with Crippen LogP contribution in [0.5, 0.6) is 17.2 Å². The van der Waals surface area contributed by atoms with Gasteiger partial charge in [0, 0.05) is 16.7 Å². The topological polar surface area (TPSA) is 124 Å². The van der Waals surface area contributed by atoms with Crippen molar-refractivity contribution < 1.29 is 38.9 Å². The van der Waals surface area contributed by atoms with Gasteiger partial charge in [-0.1, -0.05) is 91.0 Å². The summed E-state index contributed by atoms with van der Waals surface area (Å²) in [5.41, 5.74) is 7.72. The highest BCUT2D eigenvalue weighted by atomic mass is 16.6. The van der Waals surface area contributed by atoms with E-state index in [0.717, 1.165) is 27.8 Å². The summed E-state index contributed by atoms with van der Waals surface area (Å²) in [5.74, 6) is 0.198. The summed E-state index contributed by atoms with van der Waals surface area (Å²) in [7, 11) is 0. The van der Waals surface area contributed by atoms with E-state index in [0.29, 0.717) is 35.0 Å². The predicted molar refractivity (Wildman–Crippen MR) is 173 cm³/mol. The molecule has 5 aromatic rings. The number of hydroxylamine groups is 1. The summed E-state index contributed by atoms with van der Waals surface area (Å²) in [6.07, 6.45) is -1.47. The molecule has 0 saturated carbocycles. The van der Waals surface area contributed by atoms with Gasteiger partial charge in [0.2, 0.25) is 0 Å². The van der Waals surface area contributed by atoms with Crippen molar-refractivity contribution in [2.24, 2.45) is 0 Å². The van der Waals surface area contributed by atoms with Crippen LogP contribution in [0.4, 0.5) is 0 Å². The van der Waals surface area contributed by atoms with E-state index in [4.69, 9.17) is 19.0 Å². The molecule has 47 heavy (non-hydrogen) atoms. The van der Waals surface area contributed by atoms with Crippen molar-refractivity contribution in [1.82, 2.24) is 5.48 Å². The van der Waals surface area contributed by atoms with Crippen molar-refractivity contribution in [2.45, 2.75) is 38.6 Å². The van der Waals surface area contributed by atoms with Crippen LogP contribution in [0, 0.1) is 0 Å². The van der Waals surface area contributed by atoms with E-state index in [-0.39, 0.29) is 25.6 Å². The number of carbonyl (C=O) groups excluding carboxylic acids is 1. The average Bonchev–Trinajstić information content (AvgIpc) is 3.11.